The van der Waals surface area contributed by atoms with E-state index in [1.54, 1.807) is 0 Å². The van der Waals surface area contributed by atoms with Gasteiger partial charge < -0.3 is 9.87 Å². The maximum absolute atomic E-state index is 11.4. The summed E-state index contributed by atoms with van der Waals surface area (Å²) in [7, 11) is -4.24. The third kappa shape index (κ3) is 26.1. The van der Waals surface area contributed by atoms with Gasteiger partial charge in [-0.05, 0) is 32.1 Å². The van der Waals surface area contributed by atoms with E-state index in [0.717, 1.165) is 25.7 Å². The molecule has 0 fully saturated rings. The van der Waals surface area contributed by atoms with Crippen molar-refractivity contribution in [2.75, 3.05) is 12.3 Å². The molecule has 1 amide bonds. The van der Waals surface area contributed by atoms with Crippen LogP contribution in [0.15, 0.2) is 12.2 Å². The Balaban J connectivity index is 0. The Bertz CT molecular complexity index is 467. The van der Waals surface area contributed by atoms with Crippen LogP contribution in [0.4, 0.5) is 0 Å². The van der Waals surface area contributed by atoms with E-state index in [2.05, 4.69) is 24.4 Å². The van der Waals surface area contributed by atoms with E-state index in [1.165, 1.54) is 57.8 Å². The van der Waals surface area contributed by atoms with Crippen LogP contribution in [0.2, 0.25) is 0 Å². The van der Waals surface area contributed by atoms with Gasteiger partial charge in [0.05, 0.1) is 15.9 Å². The largest absolute Gasteiger partial charge is 1.00 e. The normalized spacial score (nSPS) is 11.5. The number of hydrogen-bond acceptors (Lipinski definition) is 4. The Kier molecular flexibility index (Phi) is 22.6. The van der Waals surface area contributed by atoms with E-state index in [4.69, 9.17) is 0 Å². The van der Waals surface area contributed by atoms with E-state index < -0.39 is 15.9 Å². The molecule has 0 aromatic rings. The molecular weight excluding hydrogens is 373 g/mol. The quantitative estimate of drug-likeness (QED) is 0.161. The molecule has 154 valence electrons. The molecule has 0 saturated carbocycles. The van der Waals surface area contributed by atoms with E-state index >= 15 is 0 Å². The van der Waals surface area contributed by atoms with Crippen LogP contribution in [0.5, 0.6) is 0 Å². The molecular formula is C20H38NNaO4S. The standard InChI is InChI=1S/C20H39NO4S.Na/c1-2-3-4-5-6-7-8-9-10-11-12-13-14-15-16-17-20(22)21-18-19-26(23,24)25;/h9-10H,2-8,11-19H2,1H3,(H,21,22)(H,23,24,25);/q;+1/p-1/b10-9-;. The first-order valence-electron chi connectivity index (χ1n) is 10.3. The number of allylic oxidation sites excluding steroid dienone is 2. The van der Waals surface area contributed by atoms with Crippen LogP contribution < -0.4 is 34.9 Å². The predicted molar refractivity (Wildman–Crippen MR) is 107 cm³/mol. The first-order chi connectivity index (χ1) is 12.5. The van der Waals surface area contributed by atoms with Crippen LogP contribution in [0, 0.1) is 0 Å². The van der Waals surface area contributed by atoms with Crippen LogP contribution >= 0.6 is 0 Å². The zero-order chi connectivity index (χ0) is 19.5. The van der Waals surface area contributed by atoms with Gasteiger partial charge in [0.2, 0.25) is 5.91 Å². The number of amides is 1. The topological polar surface area (TPSA) is 86.3 Å². The molecule has 5 nitrogen and oxygen atoms in total. The molecule has 0 aromatic carbocycles. The van der Waals surface area contributed by atoms with Crippen LogP contribution in [-0.2, 0) is 14.9 Å². The van der Waals surface area contributed by atoms with Gasteiger partial charge in [0, 0.05) is 13.0 Å². The summed E-state index contributed by atoms with van der Waals surface area (Å²) in [6, 6.07) is 0. The van der Waals surface area contributed by atoms with Crippen molar-refractivity contribution in [3.63, 3.8) is 0 Å². The van der Waals surface area contributed by atoms with Crippen LogP contribution in [0.3, 0.4) is 0 Å². The molecule has 7 heteroatoms. The van der Waals surface area contributed by atoms with Gasteiger partial charge in [0.15, 0.2) is 0 Å². The first kappa shape index (κ1) is 29.3. The molecule has 0 aliphatic rings. The third-order valence-corrected chi connectivity index (χ3v) is 5.04. The van der Waals surface area contributed by atoms with E-state index in [9.17, 15) is 17.8 Å². The van der Waals surface area contributed by atoms with Gasteiger partial charge >= 0.3 is 29.6 Å². The van der Waals surface area contributed by atoms with Crippen molar-refractivity contribution < 1.29 is 47.3 Å². The molecule has 0 unspecified atom stereocenters. The fourth-order valence-electron chi connectivity index (χ4n) is 2.76. The summed E-state index contributed by atoms with van der Waals surface area (Å²) in [5.74, 6) is -0.711. The maximum Gasteiger partial charge on any atom is 1.00 e. The van der Waals surface area contributed by atoms with Crippen molar-refractivity contribution in [2.45, 2.75) is 96.8 Å². The summed E-state index contributed by atoms with van der Waals surface area (Å²) in [6.45, 7) is 2.16. The molecule has 0 bridgehead atoms. The summed E-state index contributed by atoms with van der Waals surface area (Å²) in [5.41, 5.74) is 0. The van der Waals surface area contributed by atoms with Crippen molar-refractivity contribution in [2.24, 2.45) is 0 Å². The average Bonchev–Trinajstić information content (AvgIpc) is 2.57. The zero-order valence-electron chi connectivity index (χ0n) is 17.5. The van der Waals surface area contributed by atoms with Gasteiger partial charge in [0.1, 0.15) is 0 Å². The van der Waals surface area contributed by atoms with Gasteiger partial charge in [-0.25, -0.2) is 8.42 Å². The van der Waals surface area contributed by atoms with Gasteiger partial charge in [-0.15, -0.1) is 0 Å². The summed E-state index contributed by atoms with van der Waals surface area (Å²) in [4.78, 5) is 11.4. The number of carbonyl (C=O) groups excluding carboxylic acids is 1. The molecule has 0 aromatic heterocycles. The molecule has 0 heterocycles. The van der Waals surface area contributed by atoms with Gasteiger partial charge in [-0.3, -0.25) is 4.79 Å². The number of rotatable bonds is 18. The van der Waals surface area contributed by atoms with Crippen LogP contribution in [-0.4, -0.2) is 31.2 Å². The smallest absolute Gasteiger partial charge is 0.748 e. The minimum atomic E-state index is -4.24. The molecule has 0 radical (unpaired) electrons. The predicted octanol–water partition coefficient (Wildman–Crippen LogP) is 1.69. The molecule has 1 N–H and O–H groups in total. The Labute approximate surface area is 189 Å². The average molecular weight is 412 g/mol. The van der Waals surface area contributed by atoms with Gasteiger partial charge in [-0.2, -0.15) is 0 Å². The fourth-order valence-corrected chi connectivity index (χ4v) is 3.11. The molecule has 0 aliphatic heterocycles. The number of hydrogen-bond donors (Lipinski definition) is 1. The summed E-state index contributed by atoms with van der Waals surface area (Å²) < 4.78 is 31.2. The van der Waals surface area contributed by atoms with Crippen molar-refractivity contribution in [1.82, 2.24) is 5.32 Å². The van der Waals surface area contributed by atoms with Crippen LogP contribution in [0.1, 0.15) is 96.8 Å². The first-order valence-corrected chi connectivity index (χ1v) is 11.9. The second-order valence-electron chi connectivity index (χ2n) is 6.95. The maximum atomic E-state index is 11.4. The molecule has 27 heavy (non-hydrogen) atoms. The Morgan fingerprint density at radius 1 is 0.852 bits per heavy atom. The second kappa shape index (κ2) is 20.8. The van der Waals surface area contributed by atoms with Crippen molar-refractivity contribution in [3.05, 3.63) is 12.2 Å². The monoisotopic (exact) mass is 411 g/mol. The SMILES string of the molecule is CCCCCCCC/C=C\CCCCCCCC(=O)NCCS(=O)(=O)[O-].[Na+]. The summed E-state index contributed by atoms with van der Waals surface area (Å²) >= 11 is 0. The summed E-state index contributed by atoms with van der Waals surface area (Å²) in [6.07, 6.45) is 20.7. The van der Waals surface area contributed by atoms with Gasteiger partial charge in [0.25, 0.3) is 0 Å². The third-order valence-electron chi connectivity index (χ3n) is 4.34. The minimum absolute atomic E-state index is 0. The minimum Gasteiger partial charge on any atom is -0.748 e. The number of carbonyl (C=O) groups is 1. The Hall–Kier alpha value is 0.120. The second-order valence-corrected chi connectivity index (χ2v) is 8.47. The Morgan fingerprint density at radius 3 is 1.85 bits per heavy atom. The zero-order valence-corrected chi connectivity index (χ0v) is 20.3. The molecule has 0 rings (SSSR count). The van der Waals surface area contributed by atoms with Crippen LogP contribution in [0.25, 0.3) is 0 Å². The van der Waals surface area contributed by atoms with Crippen molar-refractivity contribution in [1.29, 1.82) is 0 Å². The van der Waals surface area contributed by atoms with E-state index in [0.29, 0.717) is 6.42 Å². The fraction of sp³-hybridized carbons (Fsp3) is 0.850. The van der Waals surface area contributed by atoms with Crippen molar-refractivity contribution in [3.8, 4) is 0 Å². The molecule has 0 atom stereocenters. The number of unbranched alkanes of at least 4 members (excludes halogenated alkanes) is 11. The summed E-state index contributed by atoms with van der Waals surface area (Å²) in [5, 5.41) is 2.46. The van der Waals surface area contributed by atoms with E-state index in [-0.39, 0.29) is 42.0 Å². The Morgan fingerprint density at radius 2 is 1.33 bits per heavy atom. The molecule has 0 aliphatic carbocycles. The molecule has 0 saturated heterocycles. The number of nitrogens with one attached hydrogen (secondary N) is 1. The van der Waals surface area contributed by atoms with E-state index in [1.807, 2.05) is 0 Å². The van der Waals surface area contributed by atoms with Crippen molar-refractivity contribution >= 4 is 16.0 Å². The molecule has 0 spiro atoms. The van der Waals surface area contributed by atoms with Gasteiger partial charge in [-0.1, -0.05) is 70.4 Å².